The Balaban J connectivity index is 1.89. The lowest BCUT2D eigenvalue weighted by molar-refractivity contribution is -0.140. The topological polar surface area (TPSA) is 86.8 Å². The summed E-state index contributed by atoms with van der Waals surface area (Å²) in [7, 11) is -4.65. The summed E-state index contributed by atoms with van der Waals surface area (Å²) >= 11 is 18.8. The van der Waals surface area contributed by atoms with Gasteiger partial charge in [0.1, 0.15) is 12.6 Å². The maximum absolute atomic E-state index is 14.5. The fraction of sp³-hybridized carbons (Fsp3) is 0.235. The molecule has 0 aliphatic carbocycles. The summed E-state index contributed by atoms with van der Waals surface area (Å²) in [6.45, 7) is 2.16. The Morgan fingerprint density at radius 2 is 1.40 bits per heavy atom. The normalized spacial score (nSPS) is 12.4. The molecule has 4 aromatic rings. The van der Waals surface area contributed by atoms with Gasteiger partial charge in [-0.05, 0) is 61.9 Å². The summed E-state index contributed by atoms with van der Waals surface area (Å²) in [5.41, 5.74) is -0.787. The number of nitrogens with zero attached hydrogens (tertiary/aromatic N) is 2. The Kier molecular flexibility index (Phi) is 12.1. The van der Waals surface area contributed by atoms with Crippen molar-refractivity contribution in [1.29, 1.82) is 0 Å². The number of alkyl halides is 3. The van der Waals surface area contributed by atoms with Gasteiger partial charge in [-0.25, -0.2) is 8.42 Å². The largest absolute Gasteiger partial charge is 0.417 e. The Morgan fingerprint density at radius 3 is 1.96 bits per heavy atom. The zero-order chi connectivity index (χ0) is 35.2. The molecule has 2 amide bonds. The van der Waals surface area contributed by atoms with E-state index in [0.29, 0.717) is 15.9 Å². The number of carbonyl (C=O) groups is 2. The van der Waals surface area contributed by atoms with Crippen LogP contribution in [-0.4, -0.2) is 43.8 Å². The zero-order valence-electron chi connectivity index (χ0n) is 25.7. The summed E-state index contributed by atoms with van der Waals surface area (Å²) in [6, 6.07) is 21.5. The van der Waals surface area contributed by atoms with Crippen molar-refractivity contribution in [2.75, 3.05) is 10.8 Å². The summed E-state index contributed by atoms with van der Waals surface area (Å²) < 4.78 is 70.5. The van der Waals surface area contributed by atoms with Gasteiger partial charge >= 0.3 is 6.18 Å². The van der Waals surface area contributed by atoms with E-state index < -0.39 is 56.9 Å². The van der Waals surface area contributed by atoms with E-state index in [1.165, 1.54) is 24.3 Å². The Bertz CT molecular complexity index is 1840. The van der Waals surface area contributed by atoms with Crippen molar-refractivity contribution in [3.63, 3.8) is 0 Å². The lowest BCUT2D eigenvalue weighted by Gasteiger charge is -2.34. The predicted octanol–water partition coefficient (Wildman–Crippen LogP) is 8.03. The van der Waals surface area contributed by atoms with Gasteiger partial charge in [-0.1, -0.05) is 89.4 Å². The van der Waals surface area contributed by atoms with Crippen LogP contribution in [0.25, 0.3) is 0 Å². The first-order valence-corrected chi connectivity index (χ1v) is 17.2. The number of anilines is 1. The molecule has 0 unspecified atom stereocenters. The minimum atomic E-state index is -4.93. The minimum absolute atomic E-state index is 0.0117. The molecule has 0 spiro atoms. The van der Waals surface area contributed by atoms with Crippen molar-refractivity contribution in [2.24, 2.45) is 0 Å². The summed E-state index contributed by atoms with van der Waals surface area (Å²) in [5.74, 6) is -1.46. The quantitative estimate of drug-likeness (QED) is 0.160. The van der Waals surface area contributed by atoms with Crippen LogP contribution in [0, 0.1) is 0 Å². The maximum atomic E-state index is 14.5. The maximum Gasteiger partial charge on any atom is 0.417 e. The van der Waals surface area contributed by atoms with Crippen LogP contribution < -0.4 is 9.62 Å². The first-order valence-electron chi connectivity index (χ1n) is 14.6. The van der Waals surface area contributed by atoms with Crippen molar-refractivity contribution in [3.8, 4) is 0 Å². The van der Waals surface area contributed by atoms with Crippen LogP contribution in [-0.2, 0) is 38.8 Å². The molecule has 0 saturated carbocycles. The molecule has 0 aliphatic heterocycles. The summed E-state index contributed by atoms with van der Waals surface area (Å²) in [4.78, 5) is 29.2. The molecular formula is C34H31Cl3F3N3O4S. The molecule has 14 heteroatoms. The second-order valence-corrected chi connectivity index (χ2v) is 14.2. The lowest BCUT2D eigenvalue weighted by atomic mass is 10.0. The monoisotopic (exact) mass is 739 g/mol. The van der Waals surface area contributed by atoms with Crippen LogP contribution in [0.2, 0.25) is 15.1 Å². The van der Waals surface area contributed by atoms with Gasteiger partial charge in [-0.3, -0.25) is 13.9 Å². The second-order valence-electron chi connectivity index (χ2n) is 11.1. The summed E-state index contributed by atoms with van der Waals surface area (Å²) in [6.07, 6.45) is -4.92. The van der Waals surface area contributed by atoms with Crippen molar-refractivity contribution in [1.82, 2.24) is 10.2 Å². The number of rotatable bonds is 12. The van der Waals surface area contributed by atoms with E-state index in [4.69, 9.17) is 34.8 Å². The molecular weight excluding hydrogens is 710 g/mol. The van der Waals surface area contributed by atoms with E-state index in [0.717, 1.165) is 17.0 Å². The van der Waals surface area contributed by atoms with Crippen molar-refractivity contribution in [2.45, 2.75) is 50.0 Å². The second kappa shape index (κ2) is 15.6. The van der Waals surface area contributed by atoms with Crippen molar-refractivity contribution in [3.05, 3.63) is 129 Å². The number of nitrogens with one attached hydrogen (secondary N) is 1. The fourth-order valence-electron chi connectivity index (χ4n) is 4.92. The van der Waals surface area contributed by atoms with Gasteiger partial charge in [-0.2, -0.15) is 13.2 Å². The zero-order valence-corrected chi connectivity index (χ0v) is 28.8. The average molecular weight is 741 g/mol. The first-order chi connectivity index (χ1) is 22.6. The van der Waals surface area contributed by atoms with Crippen LogP contribution in [0.15, 0.2) is 102 Å². The molecule has 48 heavy (non-hydrogen) atoms. The highest BCUT2D eigenvalue weighted by molar-refractivity contribution is 7.92. The highest BCUT2D eigenvalue weighted by Crippen LogP contribution is 2.38. The van der Waals surface area contributed by atoms with E-state index >= 15 is 0 Å². The Hall–Kier alpha value is -3.77. The van der Waals surface area contributed by atoms with Gasteiger partial charge in [0.2, 0.25) is 11.8 Å². The van der Waals surface area contributed by atoms with Crippen LogP contribution in [0.3, 0.4) is 0 Å². The molecule has 0 heterocycles. The smallest absolute Gasteiger partial charge is 0.352 e. The van der Waals surface area contributed by atoms with Gasteiger partial charge in [-0.15, -0.1) is 0 Å². The van der Waals surface area contributed by atoms with Crippen LogP contribution >= 0.6 is 34.8 Å². The van der Waals surface area contributed by atoms with Gasteiger partial charge in [0, 0.05) is 34.6 Å². The molecule has 254 valence electrons. The van der Waals surface area contributed by atoms with Gasteiger partial charge in [0.05, 0.1) is 21.2 Å². The van der Waals surface area contributed by atoms with Crippen LogP contribution in [0.1, 0.15) is 30.5 Å². The number of sulfonamides is 1. The van der Waals surface area contributed by atoms with Gasteiger partial charge in [0.25, 0.3) is 10.0 Å². The van der Waals surface area contributed by atoms with E-state index in [1.807, 2.05) is 0 Å². The molecule has 4 rings (SSSR count). The van der Waals surface area contributed by atoms with Crippen molar-refractivity contribution >= 4 is 62.3 Å². The lowest BCUT2D eigenvalue weighted by Crippen LogP contribution is -2.54. The minimum Gasteiger partial charge on any atom is -0.352 e. The summed E-state index contributed by atoms with van der Waals surface area (Å²) in [5, 5.41) is 2.53. The van der Waals surface area contributed by atoms with Crippen LogP contribution in [0.4, 0.5) is 18.9 Å². The van der Waals surface area contributed by atoms with Gasteiger partial charge < -0.3 is 10.2 Å². The molecule has 0 aromatic heterocycles. The molecule has 7 nitrogen and oxygen atoms in total. The Labute approximate surface area is 292 Å². The highest BCUT2D eigenvalue weighted by atomic mass is 35.5. The van der Waals surface area contributed by atoms with E-state index in [-0.39, 0.29) is 39.5 Å². The molecule has 0 radical (unpaired) electrons. The third kappa shape index (κ3) is 9.02. The Morgan fingerprint density at radius 1 is 0.812 bits per heavy atom. The fourth-order valence-corrected chi connectivity index (χ4v) is 7.09. The molecule has 1 N–H and O–H groups in total. The average Bonchev–Trinajstić information content (AvgIpc) is 3.03. The van der Waals surface area contributed by atoms with Crippen molar-refractivity contribution < 1.29 is 31.2 Å². The molecule has 0 aliphatic rings. The number of hydrogen-bond donors (Lipinski definition) is 1. The van der Waals surface area contributed by atoms with E-state index in [9.17, 15) is 31.2 Å². The van der Waals surface area contributed by atoms with E-state index in [2.05, 4.69) is 5.32 Å². The predicted molar refractivity (Wildman–Crippen MR) is 182 cm³/mol. The third-order valence-corrected chi connectivity index (χ3v) is 10.1. The first kappa shape index (κ1) is 37.1. The number of hydrogen-bond acceptors (Lipinski definition) is 4. The molecule has 0 saturated heterocycles. The standard InChI is InChI=1S/C34H31Cl3F3N3O4S/c1-22(2)41-33(45)31(18-23-10-5-3-6-11-23)42(20-26-28(35)14-9-15-29(26)36)32(44)21-43(48(46,47)25-12-7-4-8-13-25)24-16-17-30(37)27(19-24)34(38,39)40/h3-17,19,22,31H,18,20-21H2,1-2H3,(H,41,45)/t31-/m0/s1. The number of carbonyl (C=O) groups excluding carboxylic acids is 2. The molecule has 0 fully saturated rings. The molecule has 4 aromatic carbocycles. The number of halogens is 6. The highest BCUT2D eigenvalue weighted by Gasteiger charge is 2.38. The third-order valence-electron chi connectivity index (χ3n) is 7.25. The number of amides is 2. The SMILES string of the molecule is CC(C)NC(=O)[C@H](Cc1ccccc1)N(Cc1c(Cl)cccc1Cl)C(=O)CN(c1ccc(Cl)c(C(F)(F)F)c1)S(=O)(=O)c1ccccc1. The molecule has 0 bridgehead atoms. The van der Waals surface area contributed by atoms with Crippen LogP contribution in [0.5, 0.6) is 0 Å². The molecule has 1 atom stereocenters. The van der Waals surface area contributed by atoms with Gasteiger partial charge in [0.15, 0.2) is 0 Å². The van der Waals surface area contributed by atoms with E-state index in [1.54, 1.807) is 68.4 Å². The number of benzene rings is 4.